The molecule has 32 heavy (non-hydrogen) atoms. The van der Waals surface area contributed by atoms with Gasteiger partial charge in [-0.2, -0.15) is 0 Å². The van der Waals surface area contributed by atoms with Crippen LogP contribution < -0.4 is 10.2 Å². The molecule has 0 spiro atoms. The van der Waals surface area contributed by atoms with E-state index in [2.05, 4.69) is 30.1 Å². The minimum Gasteiger partial charge on any atom is -0.481 e. The fourth-order valence-corrected chi connectivity index (χ4v) is 4.75. The van der Waals surface area contributed by atoms with Crippen LogP contribution in [0.25, 0.3) is 0 Å². The third kappa shape index (κ3) is 5.41. The number of piperazine rings is 1. The van der Waals surface area contributed by atoms with E-state index in [1.807, 2.05) is 12.1 Å². The van der Waals surface area contributed by atoms with E-state index in [1.54, 1.807) is 4.90 Å². The van der Waals surface area contributed by atoms with Crippen LogP contribution in [0.5, 0.6) is 0 Å². The lowest BCUT2D eigenvalue weighted by Crippen LogP contribution is -2.54. The summed E-state index contributed by atoms with van der Waals surface area (Å²) in [6, 6.07) is 6.06. The molecule has 2 fully saturated rings. The van der Waals surface area contributed by atoms with Crippen LogP contribution in [-0.2, 0) is 25.6 Å². The Hall–Kier alpha value is -2.61. The lowest BCUT2D eigenvalue weighted by Gasteiger charge is -2.41. The lowest BCUT2D eigenvalue weighted by molar-refractivity contribution is -0.145. The van der Waals surface area contributed by atoms with Crippen LogP contribution in [-0.4, -0.2) is 59.4 Å². The first-order valence-electron chi connectivity index (χ1n) is 10.5. The predicted octanol–water partition coefficient (Wildman–Crippen LogP) is 2.86. The zero-order valence-electron chi connectivity index (χ0n) is 17.8. The number of nitrogens with one attached hydrogen (secondary N) is 1. The fraction of sp³-hybridized carbons (Fsp3) is 0.565. The molecule has 2 saturated heterocycles. The molecule has 2 N–H and O–H groups in total. The third-order valence-electron chi connectivity index (χ3n) is 6.26. The van der Waals surface area contributed by atoms with Crippen molar-refractivity contribution >= 4 is 41.0 Å². The van der Waals surface area contributed by atoms with Gasteiger partial charge in [0.25, 0.3) is 0 Å². The van der Waals surface area contributed by atoms with Gasteiger partial charge >= 0.3 is 5.97 Å². The first-order valence-corrected chi connectivity index (χ1v) is 10.9. The molecule has 2 aliphatic rings. The maximum Gasteiger partial charge on any atom is 0.304 e. The second-order valence-corrected chi connectivity index (χ2v) is 8.82. The molecular formula is C23H32ClN3O5. The minimum atomic E-state index is -1.34. The Morgan fingerprint density at radius 2 is 2.00 bits per heavy atom. The Morgan fingerprint density at radius 3 is 2.56 bits per heavy atom. The average Bonchev–Trinajstić information content (AvgIpc) is 2.99. The van der Waals surface area contributed by atoms with E-state index in [0.29, 0.717) is 19.6 Å². The summed E-state index contributed by atoms with van der Waals surface area (Å²) >= 11 is 6.23. The molecule has 1 unspecified atom stereocenters. The normalized spacial score (nSPS) is 23.0. The second kappa shape index (κ2) is 10.3. The Labute approximate surface area is 193 Å². The molecule has 2 aliphatic heterocycles. The van der Waals surface area contributed by atoms with Crippen molar-refractivity contribution in [3.8, 4) is 0 Å². The van der Waals surface area contributed by atoms with Crippen LogP contribution in [0.1, 0.15) is 52.5 Å². The molecule has 0 aromatic heterocycles. The number of nitrogens with zero attached hydrogens (tertiary/aromatic N) is 2. The van der Waals surface area contributed by atoms with Crippen molar-refractivity contribution in [2.75, 3.05) is 24.5 Å². The Kier molecular flexibility index (Phi) is 8.29. The maximum absolute atomic E-state index is 12.8. The molecule has 2 heterocycles. The van der Waals surface area contributed by atoms with Gasteiger partial charge in [-0.25, -0.2) is 0 Å². The quantitative estimate of drug-likeness (QED) is 0.599. The number of amides is 3. The standard InChI is InChI=1S/C22H28ClN3O5.CH4/c1-3-15-10-16(4-5-17(15)23)26-9-8-25(13-14(26)2)19(28)6-7-22(12-20(29)30)11-18(27)24-21(22)31;/h4-5,10,14H,3,6-9,11-13H2,1-2H3,(H,29,30)(H,24,27,31);1H4/t14-,22?;/m0./s1. The zero-order chi connectivity index (χ0) is 22.8. The largest absolute Gasteiger partial charge is 0.481 e. The van der Waals surface area contributed by atoms with Crippen LogP contribution in [0.4, 0.5) is 5.69 Å². The van der Waals surface area contributed by atoms with E-state index in [0.717, 1.165) is 22.7 Å². The summed E-state index contributed by atoms with van der Waals surface area (Å²) in [5, 5.41) is 12.1. The van der Waals surface area contributed by atoms with Gasteiger partial charge in [0.2, 0.25) is 17.7 Å². The van der Waals surface area contributed by atoms with Gasteiger partial charge in [-0.05, 0) is 43.5 Å². The third-order valence-corrected chi connectivity index (χ3v) is 6.63. The number of aliphatic carboxylic acids is 1. The molecule has 2 atom stereocenters. The van der Waals surface area contributed by atoms with Crippen LogP contribution in [0, 0.1) is 5.41 Å². The van der Waals surface area contributed by atoms with Crippen molar-refractivity contribution in [1.29, 1.82) is 0 Å². The summed E-state index contributed by atoms with van der Waals surface area (Å²) in [6.07, 6.45) is 0.265. The molecule has 3 rings (SSSR count). The van der Waals surface area contributed by atoms with Crippen LogP contribution in [0.3, 0.4) is 0 Å². The minimum absolute atomic E-state index is 0. The van der Waals surface area contributed by atoms with E-state index in [4.69, 9.17) is 11.6 Å². The molecule has 9 heteroatoms. The van der Waals surface area contributed by atoms with Crippen LogP contribution in [0.2, 0.25) is 5.02 Å². The number of carboxylic acid groups (broad SMARTS) is 1. The predicted molar refractivity (Wildman–Crippen MR) is 123 cm³/mol. The van der Waals surface area contributed by atoms with Gasteiger partial charge in [-0.3, -0.25) is 24.5 Å². The van der Waals surface area contributed by atoms with Gasteiger partial charge in [0.15, 0.2) is 0 Å². The highest BCUT2D eigenvalue weighted by molar-refractivity contribution is 6.31. The summed E-state index contributed by atoms with van der Waals surface area (Å²) < 4.78 is 0. The Bertz CT molecular complexity index is 906. The van der Waals surface area contributed by atoms with Crippen molar-refractivity contribution < 1.29 is 24.3 Å². The molecule has 0 saturated carbocycles. The number of hydrogen-bond acceptors (Lipinski definition) is 5. The molecule has 3 amide bonds. The number of benzene rings is 1. The fourth-order valence-electron chi connectivity index (χ4n) is 4.50. The highest BCUT2D eigenvalue weighted by atomic mass is 35.5. The van der Waals surface area contributed by atoms with Crippen molar-refractivity contribution in [2.24, 2.45) is 5.41 Å². The van der Waals surface area contributed by atoms with Gasteiger partial charge in [0.1, 0.15) is 0 Å². The molecule has 0 bridgehead atoms. The highest BCUT2D eigenvalue weighted by Crippen LogP contribution is 2.37. The Morgan fingerprint density at radius 1 is 1.28 bits per heavy atom. The molecule has 0 radical (unpaired) electrons. The van der Waals surface area contributed by atoms with Gasteiger partial charge in [0, 0.05) is 49.2 Å². The number of hydrogen-bond donors (Lipinski definition) is 2. The van der Waals surface area contributed by atoms with E-state index < -0.39 is 29.6 Å². The topological polar surface area (TPSA) is 107 Å². The number of halogens is 1. The van der Waals surface area contributed by atoms with Crippen molar-refractivity contribution in [3.05, 3.63) is 28.8 Å². The van der Waals surface area contributed by atoms with E-state index in [9.17, 15) is 24.3 Å². The summed E-state index contributed by atoms with van der Waals surface area (Å²) in [7, 11) is 0. The number of rotatable bonds is 7. The van der Waals surface area contributed by atoms with Gasteiger partial charge < -0.3 is 14.9 Å². The molecule has 1 aromatic rings. The van der Waals surface area contributed by atoms with Gasteiger partial charge in [-0.15, -0.1) is 0 Å². The molecule has 176 valence electrons. The summed E-state index contributed by atoms with van der Waals surface area (Å²) in [5.41, 5.74) is 0.812. The van der Waals surface area contributed by atoms with Crippen molar-refractivity contribution in [2.45, 2.75) is 59.4 Å². The highest BCUT2D eigenvalue weighted by Gasteiger charge is 2.48. The SMILES string of the molecule is C.CCc1cc(N2CCN(C(=O)CCC3(CC(=O)O)CC(=O)NC3=O)C[C@@H]2C)ccc1Cl. The number of imide groups is 1. The van der Waals surface area contributed by atoms with Gasteiger partial charge in [0.05, 0.1) is 11.8 Å². The number of aryl methyl sites for hydroxylation is 1. The summed E-state index contributed by atoms with van der Waals surface area (Å²) in [4.78, 5) is 51.9. The summed E-state index contributed by atoms with van der Waals surface area (Å²) in [6.45, 7) is 5.83. The number of carbonyl (C=O) groups is 4. The first kappa shape index (κ1) is 25.6. The van der Waals surface area contributed by atoms with E-state index >= 15 is 0 Å². The van der Waals surface area contributed by atoms with Gasteiger partial charge in [-0.1, -0.05) is 26.0 Å². The summed E-state index contributed by atoms with van der Waals surface area (Å²) in [5.74, 6) is -2.38. The number of carbonyl (C=O) groups excluding carboxylic acids is 3. The number of carboxylic acids is 1. The Balaban J connectivity index is 0.00000363. The second-order valence-electron chi connectivity index (χ2n) is 8.42. The molecule has 8 nitrogen and oxygen atoms in total. The zero-order valence-corrected chi connectivity index (χ0v) is 18.6. The monoisotopic (exact) mass is 465 g/mol. The molecular weight excluding hydrogens is 434 g/mol. The lowest BCUT2D eigenvalue weighted by atomic mass is 9.78. The van der Waals surface area contributed by atoms with E-state index in [1.165, 1.54) is 0 Å². The number of anilines is 1. The van der Waals surface area contributed by atoms with Crippen LogP contribution >= 0.6 is 11.6 Å². The maximum atomic E-state index is 12.8. The molecule has 1 aromatic carbocycles. The van der Waals surface area contributed by atoms with Crippen molar-refractivity contribution in [1.82, 2.24) is 10.2 Å². The van der Waals surface area contributed by atoms with Crippen LogP contribution in [0.15, 0.2) is 18.2 Å². The first-order chi connectivity index (χ1) is 14.6. The molecule has 0 aliphatic carbocycles. The smallest absolute Gasteiger partial charge is 0.304 e. The van der Waals surface area contributed by atoms with Crippen molar-refractivity contribution in [3.63, 3.8) is 0 Å². The van der Waals surface area contributed by atoms with E-state index in [-0.39, 0.29) is 38.6 Å². The average molecular weight is 466 g/mol.